The molecule has 6 aromatic heterocycles. The van der Waals surface area contributed by atoms with E-state index in [1.807, 2.05) is 296 Å². The van der Waals surface area contributed by atoms with Crippen LogP contribution in [0, 0.1) is 27.7 Å². The normalized spacial score (nSPS) is 11.9. The number of benzene rings is 18. The minimum absolute atomic E-state index is 0.00908. The maximum Gasteiger partial charge on any atom is 0.417 e. The van der Waals surface area contributed by atoms with Gasteiger partial charge in [0.05, 0.1) is 78.0 Å². The predicted octanol–water partition coefficient (Wildman–Crippen LogP) is 32.1. The first-order chi connectivity index (χ1) is 66.4. The topological polar surface area (TPSA) is 97.1 Å². The Labute approximate surface area is 778 Å². The molecule has 0 aliphatic heterocycles. The molecule has 0 aliphatic rings. The van der Waals surface area contributed by atoms with Crippen LogP contribution >= 0.6 is 0 Å². The van der Waals surface area contributed by atoms with Crippen molar-refractivity contribution in [1.82, 2.24) is 48.2 Å². The Hall–Kier alpha value is -17.2. The quantitative estimate of drug-likeness (QED) is 0.101. The van der Waals surface area contributed by atoms with Crippen molar-refractivity contribution in [2.24, 2.45) is 0 Å². The molecule has 6 heterocycles. The number of nitrogens with zero attached hydrogens (tertiary/aromatic N) is 10. The lowest BCUT2D eigenvalue weighted by atomic mass is 9.90. The molecule has 0 unspecified atom stereocenters. The van der Waals surface area contributed by atoms with Crippen molar-refractivity contribution in [2.45, 2.75) is 40.0 Å². The van der Waals surface area contributed by atoms with Gasteiger partial charge >= 0.3 is 12.4 Å². The van der Waals surface area contributed by atoms with Gasteiger partial charge in [0.2, 0.25) is 0 Å². The first kappa shape index (κ1) is 83.1. The molecule has 0 amide bonds. The number of para-hydroxylation sites is 4. The largest absolute Gasteiger partial charge is 0.417 e. The molecule has 0 N–H and O–H groups in total. The summed E-state index contributed by atoms with van der Waals surface area (Å²) >= 11 is 0. The molecule has 0 fully saturated rings. The van der Waals surface area contributed by atoms with Gasteiger partial charge in [-0.05, 0) is 159 Å². The summed E-state index contributed by atoms with van der Waals surface area (Å²) in [6.07, 6.45) is -9.56. The third-order valence-electron chi connectivity index (χ3n) is 25.9. The molecule has 24 rings (SSSR count). The van der Waals surface area contributed by atoms with E-state index in [-0.39, 0.29) is 22.8 Å². The van der Waals surface area contributed by atoms with Crippen molar-refractivity contribution in [3.05, 3.63) is 446 Å². The minimum Gasteiger partial charge on any atom is -0.309 e. The monoisotopic (exact) mass is 1770 g/mol. The van der Waals surface area contributed by atoms with Crippen LogP contribution in [0.1, 0.15) is 33.4 Å². The number of hydrogen-bond acceptors (Lipinski definition) is 6. The number of alkyl halides is 6. The van der Waals surface area contributed by atoms with Crippen molar-refractivity contribution >= 4 is 87.2 Å². The Bertz CT molecular complexity index is 8730. The van der Waals surface area contributed by atoms with Crippen LogP contribution in [0.5, 0.6) is 0 Å². The van der Waals surface area contributed by atoms with Crippen LogP contribution in [0.15, 0.2) is 413 Å². The Balaban J connectivity index is 0.000000155. The van der Waals surface area contributed by atoms with Crippen LogP contribution in [-0.2, 0) is 12.4 Å². The Morgan fingerprint density at radius 2 is 0.412 bits per heavy atom. The van der Waals surface area contributed by atoms with Crippen LogP contribution in [-0.4, -0.2) is 48.2 Å². The maximum absolute atomic E-state index is 16.5. The van der Waals surface area contributed by atoms with Gasteiger partial charge in [-0.25, -0.2) is 29.9 Å². The summed E-state index contributed by atoms with van der Waals surface area (Å²) in [5, 5.41) is 7.63. The van der Waals surface area contributed by atoms with Crippen LogP contribution < -0.4 is 0 Å². The highest BCUT2D eigenvalue weighted by Gasteiger charge is 2.41. The molecule has 0 radical (unpaired) electrons. The second kappa shape index (κ2) is 33.5. The number of aromatic nitrogens is 10. The smallest absolute Gasteiger partial charge is 0.309 e. The first-order valence-corrected chi connectivity index (χ1v) is 45.0. The lowest BCUT2D eigenvalue weighted by Crippen LogP contribution is -2.12. The molecular weight excluding hydrogens is 1700 g/mol. The van der Waals surface area contributed by atoms with Crippen molar-refractivity contribution in [1.29, 1.82) is 0 Å². The van der Waals surface area contributed by atoms with Crippen molar-refractivity contribution in [3.63, 3.8) is 0 Å². The molecule has 0 bridgehead atoms. The average molecular weight is 1780 g/mol. The van der Waals surface area contributed by atoms with Crippen molar-refractivity contribution in [2.75, 3.05) is 0 Å². The van der Waals surface area contributed by atoms with E-state index >= 15 is 26.3 Å². The van der Waals surface area contributed by atoms with Gasteiger partial charge in [-0.15, -0.1) is 0 Å². The summed E-state index contributed by atoms with van der Waals surface area (Å²) in [6, 6.07) is 132. The highest BCUT2D eigenvalue weighted by atomic mass is 19.4. The van der Waals surface area contributed by atoms with E-state index in [0.29, 0.717) is 68.3 Å². The van der Waals surface area contributed by atoms with Gasteiger partial charge in [0.15, 0.2) is 34.9 Å². The Morgan fingerprint density at radius 3 is 0.713 bits per heavy atom. The zero-order chi connectivity index (χ0) is 92.2. The molecular formula is C120H80F6N10. The summed E-state index contributed by atoms with van der Waals surface area (Å²) in [5.41, 5.74) is 19.8. The van der Waals surface area contributed by atoms with E-state index in [1.54, 1.807) is 6.07 Å². The van der Waals surface area contributed by atoms with Gasteiger partial charge in [0.1, 0.15) is 0 Å². The fraction of sp³-hybridized carbons (Fsp3) is 0.0500. The van der Waals surface area contributed by atoms with E-state index in [0.717, 1.165) is 154 Å². The fourth-order valence-corrected chi connectivity index (χ4v) is 19.7. The van der Waals surface area contributed by atoms with E-state index < -0.39 is 23.5 Å². The molecule has 24 aromatic rings. The summed E-state index contributed by atoms with van der Waals surface area (Å²) in [4.78, 5) is 30.6. The van der Waals surface area contributed by atoms with Crippen molar-refractivity contribution in [3.8, 4) is 136 Å². The maximum atomic E-state index is 16.5. The van der Waals surface area contributed by atoms with Gasteiger partial charge in [-0.2, -0.15) is 26.3 Å². The van der Waals surface area contributed by atoms with E-state index in [4.69, 9.17) is 29.9 Å². The van der Waals surface area contributed by atoms with E-state index in [9.17, 15) is 0 Å². The first-order valence-electron chi connectivity index (χ1n) is 45.0. The molecule has 0 atom stereocenters. The van der Waals surface area contributed by atoms with Crippen LogP contribution in [0.3, 0.4) is 0 Å². The SMILES string of the molecule is Cc1ccc(-c2ccc3c(c2)c2ccccc2n3-c2cccc(-c3nc(-c4ccccc4)nc(-c4ccccc4)n3)c2-c2c(-n3c4ccccc4c4cc(-c5ccc(C)cc5)ccc43)cccc2C(F)(F)F)cc1.Cc1ccc2c(c1)c1ccccc1n2-c1cccc(-c2nc(-c3ccccc3)nc(-c3ccccc3)n2)c1-c1c(-n2c3ccccc3c3cc(C)ccc32)cccc1C(F)(F)F. The van der Waals surface area contributed by atoms with Gasteiger partial charge in [-0.1, -0.05) is 326 Å². The number of fused-ring (bicyclic) bond motifs is 12. The number of rotatable bonds is 14. The number of halogens is 6. The number of hydrogen-bond donors (Lipinski definition) is 0. The fourth-order valence-electron chi connectivity index (χ4n) is 19.7. The second-order valence-corrected chi connectivity index (χ2v) is 34.5. The summed E-state index contributed by atoms with van der Waals surface area (Å²) in [6.45, 7) is 8.21. The molecule has 136 heavy (non-hydrogen) atoms. The summed E-state index contributed by atoms with van der Waals surface area (Å²) in [5.74, 6) is 2.06. The number of aryl methyl sites for hydroxylation is 4. The van der Waals surface area contributed by atoms with Crippen molar-refractivity contribution < 1.29 is 26.3 Å². The molecule has 16 heteroatoms. The molecule has 0 spiro atoms. The Kier molecular flexibility index (Phi) is 20.5. The minimum atomic E-state index is -4.81. The standard InChI is InChI=1S/C66H44F3N5.C54H36F3N5/c1-41-27-31-43(32-28-41)47-35-37-57-52(39-47)49-19-9-11-23-55(49)73(57)59-25-13-21-51(65-71-63(45-15-5-3-6-16-45)70-64(72-65)46-17-7-4-8-18-46)61(59)62-54(66(67,68)69)22-14-26-60(62)74-56-24-12-10-20-50(56)53-40-48(36-38-58(53)74)44-33-29-42(2)30-34-44;1-33-27-29-45-40(31-33)37-19-9-11-23-43(37)61(45)47-25-13-21-39(53-59-51(35-15-5-3-6-16-35)58-52(60-53)36-17-7-4-8-18-36)49(47)50-42(54(55,56)57)22-14-26-48(50)62-44-24-12-10-20-38(44)41-32-34(2)28-30-46(41)62/h3-40H,1-2H3;3-32H,1-2H3. The third kappa shape index (κ3) is 14.7. The molecule has 0 saturated carbocycles. The Morgan fingerprint density at radius 1 is 0.176 bits per heavy atom. The summed E-state index contributed by atoms with van der Waals surface area (Å²) in [7, 11) is 0. The van der Waals surface area contributed by atoms with Gasteiger partial charge < -0.3 is 18.3 Å². The second-order valence-electron chi connectivity index (χ2n) is 34.5. The van der Waals surface area contributed by atoms with E-state index in [2.05, 4.69) is 132 Å². The highest BCUT2D eigenvalue weighted by molar-refractivity contribution is 6.16. The molecule has 10 nitrogen and oxygen atoms in total. The van der Waals surface area contributed by atoms with Crippen LogP contribution in [0.2, 0.25) is 0 Å². The molecule has 18 aromatic carbocycles. The summed E-state index contributed by atoms with van der Waals surface area (Å²) < 4.78 is 106. The lowest BCUT2D eigenvalue weighted by Gasteiger charge is -2.24. The van der Waals surface area contributed by atoms with Gasteiger partial charge in [0, 0.05) is 98.7 Å². The third-order valence-corrected chi connectivity index (χ3v) is 25.9. The highest BCUT2D eigenvalue weighted by Crippen LogP contribution is 2.53. The average Bonchev–Trinajstić information content (AvgIpc) is 1.52. The molecule has 0 saturated heterocycles. The zero-order valence-electron chi connectivity index (χ0n) is 74.0. The van der Waals surface area contributed by atoms with E-state index in [1.165, 1.54) is 24.3 Å². The zero-order valence-corrected chi connectivity index (χ0v) is 74.0. The lowest BCUT2D eigenvalue weighted by molar-refractivity contribution is -0.137. The predicted molar refractivity (Wildman–Crippen MR) is 540 cm³/mol. The van der Waals surface area contributed by atoms with Gasteiger partial charge in [0.25, 0.3) is 0 Å². The van der Waals surface area contributed by atoms with Crippen LogP contribution in [0.25, 0.3) is 223 Å². The molecule has 0 aliphatic carbocycles. The van der Waals surface area contributed by atoms with Crippen LogP contribution in [0.4, 0.5) is 26.3 Å². The van der Waals surface area contributed by atoms with Gasteiger partial charge in [-0.3, -0.25) is 0 Å². The molecule has 652 valence electrons.